The summed E-state index contributed by atoms with van der Waals surface area (Å²) in [7, 11) is 5.11. The van der Waals surface area contributed by atoms with Gasteiger partial charge in [-0.15, -0.1) is 0 Å². The lowest BCUT2D eigenvalue weighted by Gasteiger charge is -2.33. The van der Waals surface area contributed by atoms with Crippen LogP contribution in [0.2, 0.25) is 0 Å². The number of imidazole rings is 1. The summed E-state index contributed by atoms with van der Waals surface area (Å²) < 4.78 is 48.3. The van der Waals surface area contributed by atoms with Crippen LogP contribution < -0.4 is 9.64 Å². The van der Waals surface area contributed by atoms with E-state index in [2.05, 4.69) is 31.8 Å². The molecular formula is C26H27F3N8O. The summed E-state index contributed by atoms with van der Waals surface area (Å²) in [4.78, 5) is 19.5. The van der Waals surface area contributed by atoms with Crippen LogP contribution in [0.25, 0.3) is 22.6 Å². The van der Waals surface area contributed by atoms with Gasteiger partial charge in [0, 0.05) is 68.2 Å². The number of rotatable bonds is 5. The van der Waals surface area contributed by atoms with Crippen molar-refractivity contribution >= 4 is 5.82 Å². The molecule has 1 atom stereocenters. The number of pyridine rings is 1. The molecule has 1 fully saturated rings. The van der Waals surface area contributed by atoms with Gasteiger partial charge in [-0.1, -0.05) is 6.92 Å². The molecule has 0 amide bonds. The molecule has 198 valence electrons. The first-order valence-electron chi connectivity index (χ1n) is 12.4. The van der Waals surface area contributed by atoms with Crippen LogP contribution in [-0.2, 0) is 26.8 Å². The summed E-state index contributed by atoms with van der Waals surface area (Å²) in [6, 6.07) is 3.58. The molecule has 0 bridgehead atoms. The zero-order valence-electron chi connectivity index (χ0n) is 21.5. The number of methoxy groups -OCH3 is 1. The summed E-state index contributed by atoms with van der Waals surface area (Å²) >= 11 is 0. The molecule has 38 heavy (non-hydrogen) atoms. The SMILES string of the molecule is COc1ncnc(C2CC2)c1-c1nn(C)c2c1CN(c1ccc(-c3nc(C(F)(F)F)cn3C)cn1)CC2C. The Morgan fingerprint density at radius 3 is 2.50 bits per heavy atom. The summed E-state index contributed by atoms with van der Waals surface area (Å²) in [6.07, 6.45) is 1.77. The van der Waals surface area contributed by atoms with Crippen molar-refractivity contribution in [1.82, 2.24) is 34.3 Å². The predicted octanol–water partition coefficient (Wildman–Crippen LogP) is 4.70. The fraction of sp³-hybridized carbons (Fsp3) is 0.423. The minimum Gasteiger partial charge on any atom is -0.480 e. The quantitative estimate of drug-likeness (QED) is 0.374. The molecule has 1 aliphatic carbocycles. The van der Waals surface area contributed by atoms with E-state index in [9.17, 15) is 13.2 Å². The van der Waals surface area contributed by atoms with Gasteiger partial charge < -0.3 is 14.2 Å². The Morgan fingerprint density at radius 1 is 1.08 bits per heavy atom. The van der Waals surface area contributed by atoms with E-state index in [0.717, 1.165) is 59.6 Å². The van der Waals surface area contributed by atoms with Gasteiger partial charge in [-0.25, -0.2) is 19.9 Å². The van der Waals surface area contributed by atoms with Crippen molar-refractivity contribution in [2.24, 2.45) is 14.1 Å². The zero-order chi connectivity index (χ0) is 26.8. The Hall–Kier alpha value is -3.96. The number of nitrogens with zero attached hydrogens (tertiary/aromatic N) is 8. The lowest BCUT2D eigenvalue weighted by molar-refractivity contribution is -0.140. The predicted molar refractivity (Wildman–Crippen MR) is 134 cm³/mol. The van der Waals surface area contributed by atoms with Crippen molar-refractivity contribution < 1.29 is 17.9 Å². The first-order valence-corrected chi connectivity index (χ1v) is 12.4. The van der Waals surface area contributed by atoms with Gasteiger partial charge in [-0.2, -0.15) is 18.3 Å². The number of hydrogen-bond acceptors (Lipinski definition) is 7. The highest BCUT2D eigenvalue weighted by Crippen LogP contribution is 2.47. The Kier molecular flexibility index (Phi) is 5.65. The standard InChI is InChI=1S/C26H27F3N8O/c1-14-10-37(19-8-7-16(9-30-19)24-33-18(12-35(24)2)26(27,28)29)11-17-22(34-36(3)23(14)17)20-21(15-5-6-15)31-13-32-25(20)38-4/h7-9,12-15H,5-6,10-11H2,1-4H3. The van der Waals surface area contributed by atoms with Crippen molar-refractivity contribution in [2.75, 3.05) is 18.6 Å². The smallest absolute Gasteiger partial charge is 0.434 e. The van der Waals surface area contributed by atoms with Gasteiger partial charge in [0.25, 0.3) is 0 Å². The normalized spacial score (nSPS) is 17.6. The van der Waals surface area contributed by atoms with Crippen molar-refractivity contribution in [3.63, 3.8) is 0 Å². The average Bonchev–Trinajstić information content (AvgIpc) is 3.58. The highest BCUT2D eigenvalue weighted by molar-refractivity contribution is 5.73. The number of alkyl halides is 3. The van der Waals surface area contributed by atoms with Crippen LogP contribution in [0.1, 0.15) is 54.2 Å². The molecule has 2 aliphatic rings. The van der Waals surface area contributed by atoms with Crippen molar-refractivity contribution in [2.45, 2.75) is 44.3 Å². The lowest BCUT2D eigenvalue weighted by Crippen LogP contribution is -2.33. The molecule has 0 radical (unpaired) electrons. The Balaban J connectivity index is 1.35. The summed E-state index contributed by atoms with van der Waals surface area (Å²) in [5.74, 6) is 2.00. The summed E-state index contributed by atoms with van der Waals surface area (Å²) in [5, 5.41) is 4.91. The molecule has 5 heterocycles. The number of aryl methyl sites for hydroxylation is 2. The molecular weight excluding hydrogens is 497 g/mol. The number of aromatic nitrogens is 7. The third-order valence-corrected chi connectivity index (χ3v) is 7.24. The van der Waals surface area contributed by atoms with E-state index in [1.165, 1.54) is 4.57 Å². The van der Waals surface area contributed by atoms with Gasteiger partial charge >= 0.3 is 6.18 Å². The van der Waals surface area contributed by atoms with Gasteiger partial charge in [0.05, 0.1) is 18.4 Å². The topological polar surface area (TPSA) is 86.8 Å². The van der Waals surface area contributed by atoms with Crippen LogP contribution in [0.5, 0.6) is 5.88 Å². The molecule has 4 aromatic heterocycles. The Morgan fingerprint density at radius 2 is 1.87 bits per heavy atom. The molecule has 0 saturated heterocycles. The maximum absolute atomic E-state index is 13.1. The summed E-state index contributed by atoms with van der Waals surface area (Å²) in [5.41, 5.74) is 4.45. The zero-order valence-corrected chi connectivity index (χ0v) is 21.5. The van der Waals surface area contributed by atoms with E-state index in [1.54, 1.807) is 32.7 Å². The number of halogens is 3. The van der Waals surface area contributed by atoms with Crippen LogP contribution in [0.3, 0.4) is 0 Å². The minimum absolute atomic E-state index is 0.162. The Labute approximate surface area is 217 Å². The lowest BCUT2D eigenvalue weighted by atomic mass is 9.93. The summed E-state index contributed by atoms with van der Waals surface area (Å²) in [6.45, 7) is 3.44. The van der Waals surface area contributed by atoms with Crippen molar-refractivity contribution in [3.05, 3.63) is 53.5 Å². The first kappa shape index (κ1) is 24.4. The molecule has 0 spiro atoms. The fourth-order valence-electron chi connectivity index (χ4n) is 5.40. The van der Waals surface area contributed by atoms with E-state index < -0.39 is 11.9 Å². The molecule has 1 aliphatic heterocycles. The monoisotopic (exact) mass is 524 g/mol. The second-order valence-corrected chi connectivity index (χ2v) is 10.00. The van der Waals surface area contributed by atoms with E-state index in [4.69, 9.17) is 9.84 Å². The Bertz CT molecular complexity index is 1500. The van der Waals surface area contributed by atoms with E-state index >= 15 is 0 Å². The van der Waals surface area contributed by atoms with Gasteiger partial charge in [-0.05, 0) is 25.0 Å². The van der Waals surface area contributed by atoms with E-state index in [0.29, 0.717) is 23.9 Å². The van der Waals surface area contributed by atoms with Gasteiger partial charge in [0.1, 0.15) is 23.7 Å². The molecule has 6 rings (SSSR count). The molecule has 1 unspecified atom stereocenters. The van der Waals surface area contributed by atoms with Crippen LogP contribution in [0.4, 0.5) is 19.0 Å². The number of anilines is 1. The number of ether oxygens (including phenoxy) is 1. The number of fused-ring (bicyclic) bond motifs is 1. The minimum atomic E-state index is -4.50. The van der Waals surface area contributed by atoms with Crippen LogP contribution in [0, 0.1) is 0 Å². The highest BCUT2D eigenvalue weighted by atomic mass is 19.4. The van der Waals surface area contributed by atoms with Crippen molar-refractivity contribution in [1.29, 1.82) is 0 Å². The third kappa shape index (κ3) is 4.07. The van der Waals surface area contributed by atoms with E-state index in [1.807, 2.05) is 17.8 Å². The first-order chi connectivity index (χ1) is 18.2. The number of hydrogen-bond donors (Lipinski definition) is 0. The van der Waals surface area contributed by atoms with E-state index in [-0.39, 0.29) is 11.7 Å². The molecule has 0 N–H and O–H groups in total. The molecule has 9 nitrogen and oxygen atoms in total. The third-order valence-electron chi connectivity index (χ3n) is 7.24. The van der Waals surface area contributed by atoms with Gasteiger partial charge in [-0.3, -0.25) is 4.68 Å². The molecule has 4 aromatic rings. The van der Waals surface area contributed by atoms with Crippen LogP contribution in [0.15, 0.2) is 30.9 Å². The molecule has 0 aromatic carbocycles. The second-order valence-electron chi connectivity index (χ2n) is 10.00. The van der Waals surface area contributed by atoms with Crippen LogP contribution >= 0.6 is 0 Å². The fourth-order valence-corrected chi connectivity index (χ4v) is 5.40. The molecule has 1 saturated carbocycles. The largest absolute Gasteiger partial charge is 0.480 e. The maximum atomic E-state index is 13.1. The second kappa shape index (κ2) is 8.81. The maximum Gasteiger partial charge on any atom is 0.434 e. The van der Waals surface area contributed by atoms with Crippen LogP contribution in [-0.4, -0.2) is 47.9 Å². The van der Waals surface area contributed by atoms with Gasteiger partial charge in [0.15, 0.2) is 5.69 Å². The molecule has 12 heteroatoms. The average molecular weight is 525 g/mol. The highest BCUT2D eigenvalue weighted by Gasteiger charge is 2.37. The van der Waals surface area contributed by atoms with Crippen molar-refractivity contribution in [3.8, 4) is 28.5 Å². The van der Waals surface area contributed by atoms with Gasteiger partial charge in [0.2, 0.25) is 5.88 Å².